The maximum atomic E-state index is 6.35. The van der Waals surface area contributed by atoms with E-state index in [1.54, 1.807) is 6.07 Å². The van der Waals surface area contributed by atoms with Crippen LogP contribution in [0.2, 0.25) is 10.0 Å². The minimum atomic E-state index is 0.188. The molecule has 0 radical (unpaired) electrons. The summed E-state index contributed by atoms with van der Waals surface area (Å²) in [5.41, 5.74) is 3.63. The van der Waals surface area contributed by atoms with Gasteiger partial charge in [0.05, 0.1) is 6.04 Å². The van der Waals surface area contributed by atoms with E-state index in [1.165, 1.54) is 11.3 Å². The molecule has 2 aromatic rings. The van der Waals surface area contributed by atoms with Crippen LogP contribution in [0.15, 0.2) is 42.5 Å². The summed E-state index contributed by atoms with van der Waals surface area (Å²) >= 11 is 12.3. The second-order valence-electron chi connectivity index (χ2n) is 5.18. The number of nitrogens with one attached hydrogen (secondary N) is 1. The minimum Gasteiger partial charge on any atom is -0.378 e. The number of halogens is 2. The van der Waals surface area contributed by atoms with Gasteiger partial charge >= 0.3 is 0 Å². The zero-order valence-electron chi connectivity index (χ0n) is 12.5. The van der Waals surface area contributed by atoms with E-state index in [9.17, 15) is 0 Å². The molecule has 1 nitrogen and oxygen atoms in total. The van der Waals surface area contributed by atoms with Crippen LogP contribution in [0.4, 0.5) is 5.69 Å². The highest BCUT2D eigenvalue weighted by Gasteiger charge is 2.14. The van der Waals surface area contributed by atoms with Gasteiger partial charge in [0, 0.05) is 15.7 Å². The Kier molecular flexibility index (Phi) is 5.96. The van der Waals surface area contributed by atoms with Gasteiger partial charge in [-0.15, -0.1) is 0 Å². The molecule has 21 heavy (non-hydrogen) atoms. The number of rotatable bonds is 6. The number of hydrogen-bond acceptors (Lipinski definition) is 1. The van der Waals surface area contributed by atoms with Crippen LogP contribution < -0.4 is 5.32 Å². The Labute approximate surface area is 137 Å². The molecule has 0 saturated heterocycles. The molecule has 0 aliphatic heterocycles. The Hall–Kier alpha value is -1.18. The summed E-state index contributed by atoms with van der Waals surface area (Å²) in [7, 11) is 0. The van der Waals surface area contributed by atoms with Crippen molar-refractivity contribution < 1.29 is 0 Å². The molecule has 0 amide bonds. The first-order chi connectivity index (χ1) is 10.2. The first-order valence-electron chi connectivity index (χ1n) is 7.45. The maximum absolute atomic E-state index is 6.35. The van der Waals surface area contributed by atoms with Gasteiger partial charge in [-0.2, -0.15) is 0 Å². The molecule has 2 rings (SSSR count). The van der Waals surface area contributed by atoms with Crippen LogP contribution in [0.5, 0.6) is 0 Å². The summed E-state index contributed by atoms with van der Waals surface area (Å²) in [4.78, 5) is 0. The van der Waals surface area contributed by atoms with Gasteiger partial charge in [0.1, 0.15) is 0 Å². The molecule has 3 heteroatoms. The van der Waals surface area contributed by atoms with Gasteiger partial charge in [0.2, 0.25) is 0 Å². The van der Waals surface area contributed by atoms with E-state index in [2.05, 4.69) is 43.4 Å². The molecule has 112 valence electrons. The van der Waals surface area contributed by atoms with Gasteiger partial charge in [0.25, 0.3) is 0 Å². The fourth-order valence-electron chi connectivity index (χ4n) is 2.52. The van der Waals surface area contributed by atoms with Crippen molar-refractivity contribution in [2.24, 2.45) is 0 Å². The van der Waals surface area contributed by atoms with E-state index in [4.69, 9.17) is 23.2 Å². The van der Waals surface area contributed by atoms with Crippen molar-refractivity contribution in [2.45, 2.75) is 39.2 Å². The molecule has 0 saturated carbocycles. The second kappa shape index (κ2) is 7.72. The van der Waals surface area contributed by atoms with E-state index in [0.717, 1.165) is 29.8 Å². The average molecular weight is 322 g/mol. The molecule has 0 bridgehead atoms. The lowest BCUT2D eigenvalue weighted by Gasteiger charge is -2.22. The van der Waals surface area contributed by atoms with Crippen LogP contribution >= 0.6 is 23.2 Å². The van der Waals surface area contributed by atoms with Gasteiger partial charge in [0.15, 0.2) is 0 Å². The number of hydrogen-bond donors (Lipinski definition) is 1. The third kappa shape index (κ3) is 4.15. The summed E-state index contributed by atoms with van der Waals surface area (Å²) in [5.74, 6) is 0. The molecule has 0 aliphatic carbocycles. The zero-order valence-corrected chi connectivity index (χ0v) is 14.0. The van der Waals surface area contributed by atoms with Crippen LogP contribution in [0.1, 0.15) is 43.9 Å². The van der Waals surface area contributed by atoms with Crippen molar-refractivity contribution in [3.8, 4) is 0 Å². The van der Waals surface area contributed by atoms with Gasteiger partial charge < -0.3 is 5.32 Å². The normalized spacial score (nSPS) is 12.2. The summed E-state index contributed by atoms with van der Waals surface area (Å²) in [6, 6.07) is 14.4. The predicted octanol–water partition coefficient (Wildman–Crippen LogP) is 6.51. The van der Waals surface area contributed by atoms with Crippen LogP contribution in [-0.4, -0.2) is 0 Å². The van der Waals surface area contributed by atoms with Crippen molar-refractivity contribution in [3.63, 3.8) is 0 Å². The first-order valence-corrected chi connectivity index (χ1v) is 8.20. The zero-order chi connectivity index (χ0) is 15.2. The molecule has 1 unspecified atom stereocenters. The van der Waals surface area contributed by atoms with E-state index in [0.29, 0.717) is 5.02 Å². The lowest BCUT2D eigenvalue weighted by molar-refractivity contribution is 0.746. The molecule has 0 fully saturated rings. The topological polar surface area (TPSA) is 12.0 Å². The van der Waals surface area contributed by atoms with Crippen molar-refractivity contribution in [1.82, 2.24) is 0 Å². The predicted molar refractivity (Wildman–Crippen MR) is 93.6 cm³/mol. The molecule has 0 spiro atoms. The smallest absolute Gasteiger partial charge is 0.0526 e. The molecule has 0 heterocycles. The molecule has 2 aromatic carbocycles. The Morgan fingerprint density at radius 3 is 2.48 bits per heavy atom. The Morgan fingerprint density at radius 1 is 1.05 bits per heavy atom. The monoisotopic (exact) mass is 321 g/mol. The third-order valence-corrected chi connectivity index (χ3v) is 4.18. The highest BCUT2D eigenvalue weighted by molar-refractivity contribution is 6.35. The van der Waals surface area contributed by atoms with E-state index >= 15 is 0 Å². The average Bonchev–Trinajstić information content (AvgIpc) is 2.47. The van der Waals surface area contributed by atoms with E-state index in [1.807, 2.05) is 12.1 Å². The minimum absolute atomic E-state index is 0.188. The molecule has 1 N–H and O–H groups in total. The van der Waals surface area contributed by atoms with Gasteiger partial charge in [-0.05, 0) is 42.2 Å². The van der Waals surface area contributed by atoms with E-state index < -0.39 is 0 Å². The fourth-order valence-corrected chi connectivity index (χ4v) is 3.06. The third-order valence-electron chi connectivity index (χ3n) is 3.61. The fraction of sp³-hybridized carbons (Fsp3) is 0.333. The SMILES string of the molecule is CCCc1ccccc1NC(CC)c1ccc(Cl)cc1Cl. The number of anilines is 1. The Morgan fingerprint density at radius 2 is 1.81 bits per heavy atom. The van der Waals surface area contributed by atoms with E-state index in [-0.39, 0.29) is 6.04 Å². The highest BCUT2D eigenvalue weighted by atomic mass is 35.5. The van der Waals surface area contributed by atoms with Crippen molar-refractivity contribution in [2.75, 3.05) is 5.32 Å². The standard InChI is InChI=1S/C18H21Cl2N/c1-3-7-13-8-5-6-9-18(13)21-17(4-2)15-11-10-14(19)12-16(15)20/h5-6,8-12,17,21H,3-4,7H2,1-2H3. The van der Waals surface area contributed by atoms with Crippen LogP contribution in [-0.2, 0) is 6.42 Å². The van der Waals surface area contributed by atoms with Crippen molar-refractivity contribution in [1.29, 1.82) is 0 Å². The second-order valence-corrected chi connectivity index (χ2v) is 6.02. The van der Waals surface area contributed by atoms with Crippen molar-refractivity contribution >= 4 is 28.9 Å². The summed E-state index contributed by atoms with van der Waals surface area (Å²) < 4.78 is 0. The quantitative estimate of drug-likeness (QED) is 0.639. The van der Waals surface area contributed by atoms with Gasteiger partial charge in [-0.1, -0.05) is 67.7 Å². The maximum Gasteiger partial charge on any atom is 0.0526 e. The lowest BCUT2D eigenvalue weighted by Crippen LogP contribution is -2.11. The van der Waals surface area contributed by atoms with Gasteiger partial charge in [-0.3, -0.25) is 0 Å². The Bertz CT molecular complexity index is 596. The molecule has 0 aromatic heterocycles. The number of aryl methyl sites for hydroxylation is 1. The van der Waals surface area contributed by atoms with Crippen LogP contribution in [0.3, 0.4) is 0 Å². The number of benzene rings is 2. The Balaban J connectivity index is 2.27. The van der Waals surface area contributed by atoms with Crippen molar-refractivity contribution in [3.05, 3.63) is 63.6 Å². The largest absolute Gasteiger partial charge is 0.378 e. The molecular weight excluding hydrogens is 301 g/mol. The molecule has 0 aliphatic rings. The van der Waals surface area contributed by atoms with Gasteiger partial charge in [-0.25, -0.2) is 0 Å². The first kappa shape index (κ1) is 16.2. The van der Waals surface area contributed by atoms with Crippen LogP contribution in [0, 0.1) is 0 Å². The van der Waals surface area contributed by atoms with Crippen LogP contribution in [0.25, 0.3) is 0 Å². The molecular formula is C18H21Cl2N. The summed E-state index contributed by atoms with van der Waals surface area (Å²) in [6.45, 7) is 4.36. The molecule has 1 atom stereocenters. The summed E-state index contributed by atoms with van der Waals surface area (Å²) in [5, 5.41) is 5.02. The number of para-hydroxylation sites is 1. The summed E-state index contributed by atoms with van der Waals surface area (Å²) in [6.07, 6.45) is 3.17. The lowest BCUT2D eigenvalue weighted by atomic mass is 10.0. The highest BCUT2D eigenvalue weighted by Crippen LogP contribution is 2.31.